The van der Waals surface area contributed by atoms with E-state index in [2.05, 4.69) is 20.9 Å². The maximum absolute atomic E-state index is 4.23. The standard InChI is InChI=1S/C9H10BrN/c1-3-8-5-4-6-11-9(8)7(2)10/h3-6H,1-2H3/b8-3-,9-7-. The first kappa shape index (κ1) is 8.47. The Kier molecular flexibility index (Phi) is 2.83. The van der Waals surface area contributed by atoms with E-state index in [0.29, 0.717) is 0 Å². The predicted molar refractivity (Wildman–Crippen MR) is 51.6 cm³/mol. The van der Waals surface area contributed by atoms with Crippen LogP contribution in [-0.4, -0.2) is 4.98 Å². The molecule has 0 radical (unpaired) electrons. The van der Waals surface area contributed by atoms with E-state index in [4.69, 9.17) is 0 Å². The molecule has 0 aliphatic rings. The van der Waals surface area contributed by atoms with Gasteiger partial charge in [-0.25, -0.2) is 0 Å². The third-order valence-corrected chi connectivity index (χ3v) is 1.85. The Morgan fingerprint density at radius 3 is 2.82 bits per heavy atom. The van der Waals surface area contributed by atoms with Crippen molar-refractivity contribution in [1.82, 2.24) is 4.98 Å². The predicted octanol–water partition coefficient (Wildman–Crippen LogP) is 1.41. The summed E-state index contributed by atoms with van der Waals surface area (Å²) in [5.41, 5.74) is 0. The van der Waals surface area contributed by atoms with Gasteiger partial charge in [-0.3, -0.25) is 4.98 Å². The zero-order chi connectivity index (χ0) is 8.27. The fourth-order valence-electron chi connectivity index (χ4n) is 0.939. The van der Waals surface area contributed by atoms with E-state index >= 15 is 0 Å². The van der Waals surface area contributed by atoms with Gasteiger partial charge in [0.1, 0.15) is 0 Å². The Hall–Kier alpha value is -0.630. The van der Waals surface area contributed by atoms with Gasteiger partial charge >= 0.3 is 0 Å². The van der Waals surface area contributed by atoms with Crippen molar-refractivity contribution < 1.29 is 0 Å². The van der Waals surface area contributed by atoms with E-state index < -0.39 is 0 Å². The molecule has 0 saturated carbocycles. The molecule has 0 amide bonds. The summed E-state index contributed by atoms with van der Waals surface area (Å²) >= 11 is 3.41. The van der Waals surface area contributed by atoms with Gasteiger partial charge in [0.25, 0.3) is 0 Å². The van der Waals surface area contributed by atoms with Crippen LogP contribution in [0.25, 0.3) is 10.6 Å². The van der Waals surface area contributed by atoms with E-state index in [1.54, 1.807) is 6.20 Å². The van der Waals surface area contributed by atoms with E-state index in [9.17, 15) is 0 Å². The second kappa shape index (κ2) is 3.67. The van der Waals surface area contributed by atoms with Gasteiger partial charge in [-0.1, -0.05) is 28.1 Å². The average Bonchev–Trinajstić information content (AvgIpc) is 2.04. The molecule has 0 fully saturated rings. The smallest absolute Gasteiger partial charge is 0.0796 e. The van der Waals surface area contributed by atoms with Gasteiger partial charge in [0.05, 0.1) is 5.35 Å². The molecule has 1 heterocycles. The lowest BCUT2D eigenvalue weighted by Crippen LogP contribution is -2.27. The summed E-state index contributed by atoms with van der Waals surface area (Å²) in [6, 6.07) is 3.99. The topological polar surface area (TPSA) is 12.9 Å². The van der Waals surface area contributed by atoms with Gasteiger partial charge in [-0.2, -0.15) is 0 Å². The van der Waals surface area contributed by atoms with Gasteiger partial charge in [0, 0.05) is 10.7 Å². The van der Waals surface area contributed by atoms with Gasteiger partial charge in [-0.15, -0.1) is 0 Å². The minimum absolute atomic E-state index is 1.02. The maximum Gasteiger partial charge on any atom is 0.0796 e. The third-order valence-electron chi connectivity index (χ3n) is 1.48. The quantitative estimate of drug-likeness (QED) is 0.633. The molecule has 0 aliphatic heterocycles. The fourth-order valence-corrected chi connectivity index (χ4v) is 1.27. The molecule has 0 saturated heterocycles. The highest BCUT2D eigenvalue weighted by Crippen LogP contribution is 1.96. The lowest BCUT2D eigenvalue weighted by atomic mass is 10.3. The minimum Gasteiger partial charge on any atom is -0.255 e. The summed E-state index contributed by atoms with van der Waals surface area (Å²) < 4.78 is 1.08. The first-order valence-corrected chi connectivity index (χ1v) is 4.29. The normalized spacial score (nSPS) is 15.0. The third kappa shape index (κ3) is 1.90. The number of hydrogen-bond acceptors (Lipinski definition) is 1. The van der Waals surface area contributed by atoms with Crippen LogP contribution >= 0.6 is 15.9 Å². The zero-order valence-corrected chi connectivity index (χ0v) is 8.22. The maximum atomic E-state index is 4.23. The molecular weight excluding hydrogens is 202 g/mol. The molecule has 0 bridgehead atoms. The summed E-state index contributed by atoms with van der Waals surface area (Å²) in [7, 11) is 0. The van der Waals surface area contributed by atoms with Crippen molar-refractivity contribution in [3.63, 3.8) is 0 Å². The SMILES string of the molecule is C/C=c1/cccn/c1=C(/C)Br. The Bertz CT molecular complexity index is 350. The monoisotopic (exact) mass is 211 g/mol. The van der Waals surface area contributed by atoms with Crippen molar-refractivity contribution in [2.45, 2.75) is 13.8 Å². The van der Waals surface area contributed by atoms with Crippen LogP contribution in [0.3, 0.4) is 0 Å². The summed E-state index contributed by atoms with van der Waals surface area (Å²) in [5, 5.41) is 2.19. The molecular formula is C9H10BrN. The fraction of sp³-hybridized carbons (Fsp3) is 0.222. The van der Waals surface area contributed by atoms with Crippen LogP contribution < -0.4 is 10.6 Å². The first-order valence-electron chi connectivity index (χ1n) is 3.49. The summed E-state index contributed by atoms with van der Waals surface area (Å²) in [6.07, 6.45) is 3.85. The Labute approximate surface area is 74.6 Å². The lowest BCUT2D eigenvalue weighted by molar-refractivity contribution is 1.21. The van der Waals surface area contributed by atoms with Gasteiger partial charge in [-0.05, 0) is 25.1 Å². The molecule has 0 unspecified atom stereocenters. The Balaban J connectivity index is 3.64. The Morgan fingerprint density at radius 2 is 2.36 bits per heavy atom. The summed E-state index contributed by atoms with van der Waals surface area (Å²) in [5.74, 6) is 0. The largest absolute Gasteiger partial charge is 0.255 e. The van der Waals surface area contributed by atoms with Gasteiger partial charge in [0.15, 0.2) is 0 Å². The number of aromatic nitrogens is 1. The molecule has 0 atom stereocenters. The highest BCUT2D eigenvalue weighted by Gasteiger charge is 1.86. The molecule has 0 spiro atoms. The number of pyridine rings is 1. The molecule has 0 aliphatic carbocycles. The number of hydrogen-bond donors (Lipinski definition) is 0. The van der Waals surface area contributed by atoms with Crippen molar-refractivity contribution in [2.24, 2.45) is 0 Å². The lowest BCUT2D eigenvalue weighted by Gasteiger charge is -1.89. The van der Waals surface area contributed by atoms with E-state index in [-0.39, 0.29) is 0 Å². The molecule has 1 aromatic rings. The molecule has 0 N–H and O–H groups in total. The molecule has 1 rings (SSSR count). The highest BCUT2D eigenvalue weighted by molar-refractivity contribution is 9.14. The Morgan fingerprint density at radius 1 is 1.64 bits per heavy atom. The second-order valence-electron chi connectivity index (χ2n) is 2.26. The second-order valence-corrected chi connectivity index (χ2v) is 3.45. The average molecular weight is 212 g/mol. The number of halogens is 1. The van der Waals surface area contributed by atoms with Crippen molar-refractivity contribution in [3.8, 4) is 0 Å². The molecule has 11 heavy (non-hydrogen) atoms. The molecule has 58 valence electrons. The van der Waals surface area contributed by atoms with Crippen molar-refractivity contribution in [3.05, 3.63) is 28.9 Å². The van der Waals surface area contributed by atoms with E-state index in [1.165, 1.54) is 5.22 Å². The molecule has 1 aromatic heterocycles. The summed E-state index contributed by atoms with van der Waals surface area (Å²) in [4.78, 5) is 4.23. The van der Waals surface area contributed by atoms with Crippen LogP contribution in [0.2, 0.25) is 0 Å². The van der Waals surface area contributed by atoms with Crippen molar-refractivity contribution in [1.29, 1.82) is 0 Å². The molecule has 0 aromatic carbocycles. The minimum atomic E-state index is 1.02. The van der Waals surface area contributed by atoms with Gasteiger partial charge in [0.2, 0.25) is 0 Å². The van der Waals surface area contributed by atoms with Crippen LogP contribution in [-0.2, 0) is 0 Å². The van der Waals surface area contributed by atoms with Crippen LogP contribution in [0.5, 0.6) is 0 Å². The van der Waals surface area contributed by atoms with Crippen LogP contribution in [0.1, 0.15) is 13.8 Å². The van der Waals surface area contributed by atoms with E-state index in [1.807, 2.05) is 32.1 Å². The van der Waals surface area contributed by atoms with Crippen LogP contribution in [0.4, 0.5) is 0 Å². The molecule has 1 nitrogen and oxygen atoms in total. The highest BCUT2D eigenvalue weighted by atomic mass is 79.9. The van der Waals surface area contributed by atoms with Crippen molar-refractivity contribution >= 4 is 26.5 Å². The zero-order valence-electron chi connectivity index (χ0n) is 6.63. The number of nitrogens with zero attached hydrogens (tertiary/aromatic N) is 1. The van der Waals surface area contributed by atoms with Crippen molar-refractivity contribution in [2.75, 3.05) is 0 Å². The van der Waals surface area contributed by atoms with Gasteiger partial charge < -0.3 is 0 Å². The molecule has 2 heteroatoms. The summed E-state index contributed by atoms with van der Waals surface area (Å²) in [6.45, 7) is 4.01. The number of rotatable bonds is 0. The van der Waals surface area contributed by atoms with E-state index in [0.717, 1.165) is 9.83 Å². The first-order chi connectivity index (χ1) is 5.25. The van der Waals surface area contributed by atoms with Crippen LogP contribution in [0.15, 0.2) is 18.3 Å². The van der Waals surface area contributed by atoms with Crippen LogP contribution in [0, 0.1) is 0 Å².